The fraction of sp³-hybridized carbons (Fsp3) is 0.565. The van der Waals surface area contributed by atoms with Crippen LogP contribution in [-0.4, -0.2) is 85.3 Å². The fourth-order valence-corrected chi connectivity index (χ4v) is 5.27. The molecule has 5 rings (SSSR count). The summed E-state index contributed by atoms with van der Waals surface area (Å²) in [7, 11) is 0. The predicted octanol–water partition coefficient (Wildman–Crippen LogP) is 1.05. The summed E-state index contributed by atoms with van der Waals surface area (Å²) in [5.41, 5.74) is 1.60. The maximum atomic E-state index is 13.1. The first-order chi connectivity index (χ1) is 15.5. The second-order valence-electron chi connectivity index (χ2n) is 9.16. The highest BCUT2D eigenvalue weighted by molar-refractivity contribution is 6.23. The van der Waals surface area contributed by atoms with Gasteiger partial charge in [0.2, 0.25) is 11.8 Å². The summed E-state index contributed by atoms with van der Waals surface area (Å²) in [5, 5.41) is 5.65. The molecule has 2 N–H and O–H groups in total. The van der Waals surface area contributed by atoms with Crippen LogP contribution in [-0.2, 0) is 9.59 Å². The summed E-state index contributed by atoms with van der Waals surface area (Å²) in [6.07, 6.45) is 2.77. The van der Waals surface area contributed by atoms with Gasteiger partial charge in [-0.2, -0.15) is 0 Å². The standard InChI is InChI=1S/C23H29N5O4.2ClH/c29-20-4-3-19(21(30)25-20)28-22(31)17-2-1-16(13-18(17)23(28)32)27-11-9-26(10-12-27)14-15-5-7-24-8-6-15;;/h1-2,13,15,19,24H,3-12,14H2,(H,25,29,30);2*1H. The number of halogens is 2. The van der Waals surface area contributed by atoms with Crippen molar-refractivity contribution in [3.8, 4) is 0 Å². The minimum Gasteiger partial charge on any atom is -0.369 e. The molecule has 3 saturated heterocycles. The molecule has 9 nitrogen and oxygen atoms in total. The molecule has 1 unspecified atom stereocenters. The Morgan fingerprint density at radius 1 is 0.853 bits per heavy atom. The van der Waals surface area contributed by atoms with Crippen LogP contribution in [0.5, 0.6) is 0 Å². The molecule has 34 heavy (non-hydrogen) atoms. The summed E-state index contributed by atoms with van der Waals surface area (Å²) < 4.78 is 0. The van der Waals surface area contributed by atoms with Crippen molar-refractivity contribution in [1.29, 1.82) is 0 Å². The molecule has 0 saturated carbocycles. The van der Waals surface area contributed by atoms with Crippen LogP contribution in [0.15, 0.2) is 18.2 Å². The van der Waals surface area contributed by atoms with Crippen LogP contribution in [0.2, 0.25) is 0 Å². The summed E-state index contributed by atoms with van der Waals surface area (Å²) in [6, 6.07) is 4.44. The summed E-state index contributed by atoms with van der Waals surface area (Å²) in [4.78, 5) is 55.4. The Bertz CT molecular complexity index is 961. The normalized spacial score (nSPS) is 23.8. The van der Waals surface area contributed by atoms with Gasteiger partial charge in [-0.3, -0.25) is 34.3 Å². The van der Waals surface area contributed by atoms with E-state index in [1.807, 2.05) is 6.07 Å². The highest BCUT2D eigenvalue weighted by Gasteiger charge is 2.44. The number of amides is 4. The van der Waals surface area contributed by atoms with Crippen LogP contribution < -0.4 is 15.5 Å². The summed E-state index contributed by atoms with van der Waals surface area (Å²) in [6.45, 7) is 7.09. The quantitative estimate of drug-likeness (QED) is 0.582. The maximum Gasteiger partial charge on any atom is 0.262 e. The maximum absolute atomic E-state index is 13.1. The largest absolute Gasteiger partial charge is 0.369 e. The number of hydrogen-bond donors (Lipinski definition) is 2. The zero-order valence-corrected chi connectivity index (χ0v) is 20.6. The predicted molar refractivity (Wildman–Crippen MR) is 132 cm³/mol. The number of nitrogens with zero attached hydrogens (tertiary/aromatic N) is 3. The van der Waals surface area contributed by atoms with Gasteiger partial charge in [0.1, 0.15) is 6.04 Å². The van der Waals surface area contributed by atoms with Crippen LogP contribution >= 0.6 is 24.8 Å². The molecule has 0 aliphatic carbocycles. The second kappa shape index (κ2) is 11.0. The lowest BCUT2D eigenvalue weighted by Crippen LogP contribution is -2.54. The van der Waals surface area contributed by atoms with Gasteiger partial charge < -0.3 is 10.2 Å². The number of piperazine rings is 1. The zero-order chi connectivity index (χ0) is 22.2. The monoisotopic (exact) mass is 511 g/mol. The molecule has 4 aliphatic heterocycles. The number of rotatable bonds is 4. The first kappa shape index (κ1) is 26.4. The van der Waals surface area contributed by atoms with E-state index in [1.54, 1.807) is 12.1 Å². The van der Waals surface area contributed by atoms with E-state index < -0.39 is 23.8 Å². The Balaban J connectivity index is 0.00000162. The molecule has 4 amide bonds. The lowest BCUT2D eigenvalue weighted by atomic mass is 9.97. The topological polar surface area (TPSA) is 102 Å². The van der Waals surface area contributed by atoms with Crippen molar-refractivity contribution in [1.82, 2.24) is 20.4 Å². The van der Waals surface area contributed by atoms with Gasteiger partial charge in [0.05, 0.1) is 11.1 Å². The molecule has 0 aromatic heterocycles. The van der Waals surface area contributed by atoms with Crippen LogP contribution in [0.1, 0.15) is 46.4 Å². The van der Waals surface area contributed by atoms with E-state index in [-0.39, 0.29) is 43.6 Å². The van der Waals surface area contributed by atoms with Gasteiger partial charge in [-0.05, 0) is 56.5 Å². The van der Waals surface area contributed by atoms with E-state index in [4.69, 9.17) is 0 Å². The number of anilines is 1. The van der Waals surface area contributed by atoms with Crippen molar-refractivity contribution in [3.05, 3.63) is 29.3 Å². The lowest BCUT2D eigenvalue weighted by molar-refractivity contribution is -0.136. The second-order valence-corrected chi connectivity index (χ2v) is 9.16. The number of benzene rings is 1. The third-order valence-electron chi connectivity index (χ3n) is 7.14. The van der Waals surface area contributed by atoms with Crippen molar-refractivity contribution in [2.75, 3.05) is 50.7 Å². The highest BCUT2D eigenvalue weighted by Crippen LogP contribution is 2.31. The third kappa shape index (κ3) is 5.07. The molecule has 4 aliphatic rings. The van der Waals surface area contributed by atoms with E-state index in [0.29, 0.717) is 11.1 Å². The van der Waals surface area contributed by atoms with Crippen LogP contribution in [0.3, 0.4) is 0 Å². The van der Waals surface area contributed by atoms with E-state index >= 15 is 0 Å². The number of nitrogens with one attached hydrogen (secondary N) is 2. The van der Waals surface area contributed by atoms with Gasteiger partial charge in [-0.25, -0.2) is 0 Å². The zero-order valence-electron chi connectivity index (χ0n) is 19.0. The van der Waals surface area contributed by atoms with E-state index in [0.717, 1.165) is 62.3 Å². The van der Waals surface area contributed by atoms with Crippen molar-refractivity contribution in [2.45, 2.75) is 31.7 Å². The number of piperidine rings is 2. The van der Waals surface area contributed by atoms with Gasteiger partial charge in [0, 0.05) is 44.8 Å². The Kier molecular flexibility index (Phi) is 8.57. The van der Waals surface area contributed by atoms with Crippen molar-refractivity contribution in [3.63, 3.8) is 0 Å². The van der Waals surface area contributed by atoms with E-state index in [9.17, 15) is 19.2 Å². The average Bonchev–Trinajstić information content (AvgIpc) is 3.05. The smallest absolute Gasteiger partial charge is 0.262 e. The van der Waals surface area contributed by atoms with Crippen molar-refractivity contribution in [2.24, 2.45) is 5.92 Å². The number of fused-ring (bicyclic) bond motifs is 1. The van der Waals surface area contributed by atoms with E-state index in [1.165, 1.54) is 12.8 Å². The molecule has 4 heterocycles. The molecule has 186 valence electrons. The van der Waals surface area contributed by atoms with Crippen molar-refractivity contribution >= 4 is 54.1 Å². The minimum atomic E-state index is -0.929. The fourth-order valence-electron chi connectivity index (χ4n) is 5.27. The van der Waals surface area contributed by atoms with Crippen LogP contribution in [0, 0.1) is 5.92 Å². The number of carbonyl (C=O) groups is 4. The highest BCUT2D eigenvalue weighted by atomic mass is 35.5. The van der Waals surface area contributed by atoms with Crippen LogP contribution in [0.4, 0.5) is 5.69 Å². The van der Waals surface area contributed by atoms with Gasteiger partial charge >= 0.3 is 0 Å². The first-order valence-corrected chi connectivity index (χ1v) is 11.5. The molecule has 0 spiro atoms. The molecular weight excluding hydrogens is 481 g/mol. The first-order valence-electron chi connectivity index (χ1n) is 11.5. The number of imide groups is 2. The lowest BCUT2D eigenvalue weighted by Gasteiger charge is -2.38. The summed E-state index contributed by atoms with van der Waals surface area (Å²) >= 11 is 0. The minimum absolute atomic E-state index is 0. The molecule has 0 radical (unpaired) electrons. The van der Waals surface area contributed by atoms with E-state index in [2.05, 4.69) is 20.4 Å². The number of carbonyl (C=O) groups excluding carboxylic acids is 4. The van der Waals surface area contributed by atoms with Gasteiger partial charge in [-0.1, -0.05) is 0 Å². The number of hydrogen-bond acceptors (Lipinski definition) is 7. The van der Waals surface area contributed by atoms with Crippen molar-refractivity contribution < 1.29 is 19.2 Å². The molecule has 1 aromatic carbocycles. The Hall–Kier alpha value is -2.20. The Morgan fingerprint density at radius 2 is 1.53 bits per heavy atom. The molecule has 1 aromatic rings. The molecule has 1 atom stereocenters. The van der Waals surface area contributed by atoms with Gasteiger partial charge in [0.15, 0.2) is 0 Å². The molecule has 3 fully saturated rings. The molecule has 0 bridgehead atoms. The Morgan fingerprint density at radius 3 is 2.21 bits per heavy atom. The SMILES string of the molecule is Cl.Cl.O=C1CCC(N2C(=O)c3ccc(N4CCN(CC5CCNCC5)CC4)cc3C2=O)C(=O)N1. The third-order valence-corrected chi connectivity index (χ3v) is 7.14. The average molecular weight is 512 g/mol. The molecular formula is C23H31Cl2N5O4. The van der Waals surface area contributed by atoms with Gasteiger partial charge in [-0.15, -0.1) is 24.8 Å². The van der Waals surface area contributed by atoms with Crippen LogP contribution in [0.25, 0.3) is 0 Å². The van der Waals surface area contributed by atoms with Gasteiger partial charge in [0.25, 0.3) is 11.8 Å². The molecule has 11 heteroatoms. The summed E-state index contributed by atoms with van der Waals surface area (Å²) in [5.74, 6) is -1.10. The Labute approximate surface area is 211 Å².